The third-order valence-corrected chi connectivity index (χ3v) is 4.97. The van der Waals surface area contributed by atoms with Gasteiger partial charge in [0.05, 0.1) is 12.7 Å². The number of hydrogen-bond donors (Lipinski definition) is 0. The first-order chi connectivity index (χ1) is 12.1. The van der Waals surface area contributed by atoms with Gasteiger partial charge in [0.25, 0.3) is 0 Å². The summed E-state index contributed by atoms with van der Waals surface area (Å²) in [5, 5.41) is 10.1. The van der Waals surface area contributed by atoms with Crippen molar-refractivity contribution in [3.63, 3.8) is 0 Å². The van der Waals surface area contributed by atoms with Crippen molar-refractivity contribution in [1.29, 1.82) is 5.26 Å². The van der Waals surface area contributed by atoms with Crippen molar-refractivity contribution < 1.29 is 9.53 Å². The van der Waals surface area contributed by atoms with Crippen LogP contribution in [0.25, 0.3) is 0 Å². The molecule has 0 heterocycles. The maximum Gasteiger partial charge on any atom is 0.327 e. The fourth-order valence-corrected chi connectivity index (χ4v) is 3.51. The standard InChI is InChI=1S/C21H22BrNO2/c1-3-19(17-10-12-18(22)13-11-17)21(15-23,20(24)25-4-2)14-16-8-6-5-7-9-16/h5-13,19H,3-4,14H2,1-2H3. The van der Waals surface area contributed by atoms with Crippen LogP contribution in [-0.2, 0) is 16.0 Å². The molecule has 0 bridgehead atoms. The van der Waals surface area contributed by atoms with Gasteiger partial charge >= 0.3 is 5.97 Å². The molecule has 0 fully saturated rings. The number of carbonyl (C=O) groups excluding carboxylic acids is 1. The molecule has 0 radical (unpaired) electrons. The van der Waals surface area contributed by atoms with Crippen LogP contribution < -0.4 is 0 Å². The molecule has 3 nitrogen and oxygen atoms in total. The topological polar surface area (TPSA) is 50.1 Å². The molecule has 0 aliphatic rings. The van der Waals surface area contributed by atoms with E-state index in [1.807, 2.05) is 61.5 Å². The molecule has 2 atom stereocenters. The molecule has 130 valence electrons. The number of esters is 1. The average molecular weight is 400 g/mol. The summed E-state index contributed by atoms with van der Waals surface area (Å²) in [6, 6.07) is 19.8. The van der Waals surface area contributed by atoms with Crippen LogP contribution >= 0.6 is 15.9 Å². The van der Waals surface area contributed by atoms with Gasteiger partial charge in [0, 0.05) is 16.8 Å². The summed E-state index contributed by atoms with van der Waals surface area (Å²) in [5.74, 6) is -0.694. The number of hydrogen-bond acceptors (Lipinski definition) is 3. The van der Waals surface area contributed by atoms with E-state index in [2.05, 4.69) is 22.0 Å². The highest BCUT2D eigenvalue weighted by Crippen LogP contribution is 2.42. The van der Waals surface area contributed by atoms with Crippen molar-refractivity contribution in [2.75, 3.05) is 6.61 Å². The number of benzene rings is 2. The first-order valence-electron chi connectivity index (χ1n) is 8.45. The van der Waals surface area contributed by atoms with Gasteiger partial charge < -0.3 is 4.74 Å². The van der Waals surface area contributed by atoms with Crippen LogP contribution in [0.4, 0.5) is 0 Å². The Morgan fingerprint density at radius 3 is 2.32 bits per heavy atom. The number of halogens is 1. The third kappa shape index (κ3) is 4.29. The fraction of sp³-hybridized carbons (Fsp3) is 0.333. The van der Waals surface area contributed by atoms with Gasteiger partial charge in [-0.3, -0.25) is 4.79 Å². The molecule has 0 aromatic heterocycles. The number of rotatable bonds is 7. The zero-order valence-electron chi connectivity index (χ0n) is 14.5. The molecule has 4 heteroatoms. The summed E-state index contributed by atoms with van der Waals surface area (Å²) >= 11 is 3.43. The molecule has 25 heavy (non-hydrogen) atoms. The highest BCUT2D eigenvalue weighted by molar-refractivity contribution is 9.10. The summed E-state index contributed by atoms with van der Waals surface area (Å²) < 4.78 is 6.29. The monoisotopic (exact) mass is 399 g/mol. The Morgan fingerprint density at radius 1 is 1.16 bits per heavy atom. The number of nitriles is 1. The summed E-state index contributed by atoms with van der Waals surface area (Å²) in [7, 11) is 0. The van der Waals surface area contributed by atoms with Crippen molar-refractivity contribution in [2.45, 2.75) is 32.6 Å². The highest BCUT2D eigenvalue weighted by Gasteiger charge is 2.47. The molecule has 0 aliphatic heterocycles. The van der Waals surface area contributed by atoms with Gasteiger partial charge in [-0.05, 0) is 36.6 Å². The van der Waals surface area contributed by atoms with Crippen molar-refractivity contribution >= 4 is 21.9 Å². The Hall–Kier alpha value is -2.12. The van der Waals surface area contributed by atoms with Gasteiger partial charge in [-0.15, -0.1) is 0 Å². The molecule has 2 rings (SSSR count). The highest BCUT2D eigenvalue weighted by atomic mass is 79.9. The summed E-state index contributed by atoms with van der Waals surface area (Å²) in [4.78, 5) is 12.9. The lowest BCUT2D eigenvalue weighted by atomic mass is 9.68. The third-order valence-electron chi connectivity index (χ3n) is 4.44. The molecule has 0 N–H and O–H groups in total. The van der Waals surface area contributed by atoms with Gasteiger partial charge in [0.15, 0.2) is 5.41 Å². The zero-order valence-corrected chi connectivity index (χ0v) is 16.1. The van der Waals surface area contributed by atoms with Gasteiger partial charge in [-0.1, -0.05) is 65.3 Å². The van der Waals surface area contributed by atoms with Crippen LogP contribution in [0.3, 0.4) is 0 Å². The predicted octanol–water partition coefficient (Wildman–Crippen LogP) is 5.26. The molecule has 2 aromatic rings. The smallest absolute Gasteiger partial charge is 0.327 e. The second-order valence-electron chi connectivity index (χ2n) is 5.98. The van der Waals surface area contributed by atoms with E-state index in [-0.39, 0.29) is 12.5 Å². The molecular weight excluding hydrogens is 378 g/mol. The van der Waals surface area contributed by atoms with E-state index in [0.29, 0.717) is 12.8 Å². The zero-order chi connectivity index (χ0) is 18.3. The average Bonchev–Trinajstić information content (AvgIpc) is 2.64. The van der Waals surface area contributed by atoms with E-state index in [1.54, 1.807) is 6.92 Å². The Kier molecular flexibility index (Phi) is 6.78. The first kappa shape index (κ1) is 19.2. The Bertz CT molecular complexity index is 737. The molecule has 2 unspecified atom stereocenters. The maximum absolute atomic E-state index is 12.9. The molecule has 0 saturated heterocycles. The number of nitrogens with zero attached hydrogens (tertiary/aromatic N) is 1. The Labute approximate surface area is 157 Å². The van der Waals surface area contributed by atoms with E-state index in [4.69, 9.17) is 4.74 Å². The molecular formula is C21H22BrNO2. The fourth-order valence-electron chi connectivity index (χ4n) is 3.24. The van der Waals surface area contributed by atoms with Crippen molar-refractivity contribution in [2.24, 2.45) is 5.41 Å². The summed E-state index contributed by atoms with van der Waals surface area (Å²) in [6.07, 6.45) is 0.999. The largest absolute Gasteiger partial charge is 0.465 e. The van der Waals surface area contributed by atoms with Gasteiger partial charge in [-0.25, -0.2) is 0 Å². The molecule has 0 spiro atoms. The van der Waals surface area contributed by atoms with Gasteiger partial charge in [-0.2, -0.15) is 5.26 Å². The second kappa shape index (κ2) is 8.82. The van der Waals surface area contributed by atoms with Crippen molar-refractivity contribution in [3.8, 4) is 6.07 Å². The van der Waals surface area contributed by atoms with Crippen molar-refractivity contribution in [1.82, 2.24) is 0 Å². The van der Waals surface area contributed by atoms with E-state index >= 15 is 0 Å². The van der Waals surface area contributed by atoms with Crippen LogP contribution in [0.15, 0.2) is 59.1 Å². The summed E-state index contributed by atoms with van der Waals surface area (Å²) in [6.45, 7) is 4.03. The van der Waals surface area contributed by atoms with Crippen LogP contribution in [0, 0.1) is 16.7 Å². The van der Waals surface area contributed by atoms with Gasteiger partial charge in [0.1, 0.15) is 0 Å². The Balaban J connectivity index is 2.52. The minimum Gasteiger partial charge on any atom is -0.465 e. The van der Waals surface area contributed by atoms with E-state index in [1.165, 1.54) is 0 Å². The SMILES string of the molecule is CCOC(=O)C(C#N)(Cc1ccccc1)C(CC)c1ccc(Br)cc1. The number of carbonyl (C=O) groups is 1. The van der Waals surface area contributed by atoms with E-state index < -0.39 is 11.4 Å². The quantitative estimate of drug-likeness (QED) is 0.596. The van der Waals surface area contributed by atoms with E-state index in [9.17, 15) is 10.1 Å². The normalized spacial score (nSPS) is 14.2. The Morgan fingerprint density at radius 2 is 1.80 bits per heavy atom. The predicted molar refractivity (Wildman–Crippen MR) is 102 cm³/mol. The van der Waals surface area contributed by atoms with Crippen LogP contribution in [0.2, 0.25) is 0 Å². The molecule has 2 aromatic carbocycles. The second-order valence-corrected chi connectivity index (χ2v) is 6.89. The summed E-state index contributed by atoms with van der Waals surface area (Å²) in [5.41, 5.74) is 0.670. The minimum absolute atomic E-state index is 0.246. The molecule has 0 saturated carbocycles. The minimum atomic E-state index is -1.25. The van der Waals surface area contributed by atoms with Crippen molar-refractivity contribution in [3.05, 3.63) is 70.2 Å². The lowest BCUT2D eigenvalue weighted by Gasteiger charge is -2.33. The van der Waals surface area contributed by atoms with Crippen LogP contribution in [-0.4, -0.2) is 12.6 Å². The lowest BCUT2D eigenvalue weighted by molar-refractivity contribution is -0.153. The van der Waals surface area contributed by atoms with Crippen LogP contribution in [0.5, 0.6) is 0 Å². The first-order valence-corrected chi connectivity index (χ1v) is 9.24. The lowest BCUT2D eigenvalue weighted by Crippen LogP contribution is -2.39. The molecule has 0 aliphatic carbocycles. The van der Waals surface area contributed by atoms with E-state index in [0.717, 1.165) is 15.6 Å². The van der Waals surface area contributed by atoms with Crippen LogP contribution in [0.1, 0.15) is 37.3 Å². The number of ether oxygens (including phenoxy) is 1. The van der Waals surface area contributed by atoms with Gasteiger partial charge in [0.2, 0.25) is 0 Å². The molecule has 0 amide bonds. The maximum atomic E-state index is 12.9.